The molecule has 0 fully saturated rings. The van der Waals surface area contributed by atoms with Crippen molar-refractivity contribution in [3.63, 3.8) is 0 Å². The van der Waals surface area contributed by atoms with Gasteiger partial charge in [-0.3, -0.25) is 0 Å². The van der Waals surface area contributed by atoms with Crippen LogP contribution in [-0.4, -0.2) is 15.0 Å². The molecule has 0 spiro atoms. The summed E-state index contributed by atoms with van der Waals surface area (Å²) < 4.78 is 0. The molecule has 5 heteroatoms. The SMILES string of the molecule is Cc1c(CCC(C)C)cnc2nc(N)nc(N)c12. The lowest BCUT2D eigenvalue weighted by atomic mass is 9.99. The third-order valence-corrected chi connectivity index (χ3v) is 3.13. The Balaban J connectivity index is 2.50. The maximum absolute atomic E-state index is 5.91. The van der Waals surface area contributed by atoms with Crippen molar-refractivity contribution in [3.05, 3.63) is 17.3 Å². The number of aryl methyl sites for hydroxylation is 2. The zero-order chi connectivity index (χ0) is 13.3. The van der Waals surface area contributed by atoms with Crippen LogP contribution in [0.3, 0.4) is 0 Å². The van der Waals surface area contributed by atoms with Crippen molar-refractivity contribution >= 4 is 22.8 Å². The van der Waals surface area contributed by atoms with Crippen molar-refractivity contribution in [1.82, 2.24) is 15.0 Å². The Bertz CT molecular complexity index is 577. The molecular weight excluding hydrogens is 226 g/mol. The van der Waals surface area contributed by atoms with E-state index in [0.29, 0.717) is 17.4 Å². The Morgan fingerprint density at radius 1 is 1.22 bits per heavy atom. The summed E-state index contributed by atoms with van der Waals surface area (Å²) in [5, 5.41) is 0.824. The van der Waals surface area contributed by atoms with Crippen LogP contribution in [0, 0.1) is 12.8 Å². The van der Waals surface area contributed by atoms with Crippen molar-refractivity contribution in [2.24, 2.45) is 5.92 Å². The molecule has 18 heavy (non-hydrogen) atoms. The average Bonchev–Trinajstić information content (AvgIpc) is 2.26. The molecule has 2 aromatic heterocycles. The van der Waals surface area contributed by atoms with Crippen LogP contribution in [0.25, 0.3) is 11.0 Å². The quantitative estimate of drug-likeness (QED) is 0.864. The van der Waals surface area contributed by atoms with Gasteiger partial charge < -0.3 is 11.5 Å². The van der Waals surface area contributed by atoms with Crippen LogP contribution in [0.15, 0.2) is 6.20 Å². The zero-order valence-electron chi connectivity index (χ0n) is 11.1. The van der Waals surface area contributed by atoms with E-state index in [2.05, 4.69) is 28.8 Å². The van der Waals surface area contributed by atoms with E-state index >= 15 is 0 Å². The number of anilines is 2. The Morgan fingerprint density at radius 3 is 2.61 bits per heavy atom. The van der Waals surface area contributed by atoms with E-state index in [0.717, 1.165) is 23.8 Å². The highest BCUT2D eigenvalue weighted by Crippen LogP contribution is 2.24. The van der Waals surface area contributed by atoms with E-state index in [1.807, 2.05) is 13.1 Å². The Kier molecular flexibility index (Phi) is 3.32. The topological polar surface area (TPSA) is 90.7 Å². The maximum Gasteiger partial charge on any atom is 0.224 e. The van der Waals surface area contributed by atoms with Crippen molar-refractivity contribution in [2.75, 3.05) is 11.5 Å². The second-order valence-electron chi connectivity index (χ2n) is 5.01. The minimum atomic E-state index is 0.168. The number of nitrogen functional groups attached to an aromatic ring is 2. The van der Waals surface area contributed by atoms with Gasteiger partial charge in [0.25, 0.3) is 0 Å². The third kappa shape index (κ3) is 2.34. The van der Waals surface area contributed by atoms with Gasteiger partial charge in [0.15, 0.2) is 5.65 Å². The van der Waals surface area contributed by atoms with Crippen LogP contribution in [-0.2, 0) is 6.42 Å². The first-order valence-corrected chi connectivity index (χ1v) is 6.16. The molecule has 0 saturated heterocycles. The molecule has 0 aliphatic carbocycles. The standard InChI is InChI=1S/C13H19N5/c1-7(2)4-5-9-6-16-12-10(8(9)3)11(14)17-13(15)18-12/h6-7H,4-5H2,1-3H3,(H4,14,15,16,17,18). The number of fused-ring (bicyclic) bond motifs is 1. The van der Waals surface area contributed by atoms with Gasteiger partial charge in [-0.05, 0) is 36.8 Å². The maximum atomic E-state index is 5.91. The summed E-state index contributed by atoms with van der Waals surface area (Å²) in [6.07, 6.45) is 3.99. The van der Waals surface area contributed by atoms with Gasteiger partial charge in [-0.25, -0.2) is 4.98 Å². The Labute approximate surface area is 107 Å². The minimum absolute atomic E-state index is 0.168. The fourth-order valence-electron chi connectivity index (χ4n) is 2.03. The smallest absolute Gasteiger partial charge is 0.224 e. The highest BCUT2D eigenvalue weighted by atomic mass is 15.1. The van der Waals surface area contributed by atoms with Crippen LogP contribution in [0.5, 0.6) is 0 Å². The van der Waals surface area contributed by atoms with Crippen molar-refractivity contribution in [1.29, 1.82) is 0 Å². The first kappa shape index (κ1) is 12.5. The summed E-state index contributed by atoms with van der Waals surface area (Å²) in [7, 11) is 0. The van der Waals surface area contributed by atoms with Gasteiger partial charge in [0, 0.05) is 6.20 Å². The van der Waals surface area contributed by atoms with E-state index < -0.39 is 0 Å². The van der Waals surface area contributed by atoms with E-state index in [1.165, 1.54) is 5.56 Å². The van der Waals surface area contributed by atoms with Gasteiger partial charge in [-0.2, -0.15) is 9.97 Å². The van der Waals surface area contributed by atoms with Crippen LogP contribution in [0.1, 0.15) is 31.4 Å². The number of hydrogen-bond donors (Lipinski definition) is 2. The van der Waals surface area contributed by atoms with E-state index in [9.17, 15) is 0 Å². The van der Waals surface area contributed by atoms with Crippen LogP contribution < -0.4 is 11.5 Å². The monoisotopic (exact) mass is 245 g/mol. The normalized spacial score (nSPS) is 11.3. The molecule has 0 aliphatic heterocycles. The molecule has 0 saturated carbocycles. The largest absolute Gasteiger partial charge is 0.383 e. The number of hydrogen-bond acceptors (Lipinski definition) is 5. The number of nitrogens with zero attached hydrogens (tertiary/aromatic N) is 3. The molecule has 2 aromatic rings. The first-order chi connectivity index (χ1) is 8.49. The lowest BCUT2D eigenvalue weighted by Crippen LogP contribution is -2.05. The molecule has 2 rings (SSSR count). The number of nitrogens with two attached hydrogens (primary N) is 2. The molecule has 0 aliphatic rings. The lowest BCUT2D eigenvalue weighted by Gasteiger charge is -2.11. The summed E-state index contributed by atoms with van der Waals surface area (Å²) in [4.78, 5) is 12.4. The van der Waals surface area contributed by atoms with Gasteiger partial charge in [0.05, 0.1) is 5.39 Å². The van der Waals surface area contributed by atoms with Gasteiger partial charge in [-0.1, -0.05) is 13.8 Å². The predicted molar refractivity (Wildman–Crippen MR) is 74.1 cm³/mol. The molecule has 4 N–H and O–H groups in total. The second-order valence-corrected chi connectivity index (χ2v) is 5.01. The fourth-order valence-corrected chi connectivity index (χ4v) is 2.03. The number of aromatic nitrogens is 3. The van der Waals surface area contributed by atoms with Crippen molar-refractivity contribution < 1.29 is 0 Å². The van der Waals surface area contributed by atoms with E-state index in [4.69, 9.17) is 11.5 Å². The fraction of sp³-hybridized carbons (Fsp3) is 0.462. The molecule has 0 atom stereocenters. The van der Waals surface area contributed by atoms with Crippen LogP contribution in [0.4, 0.5) is 11.8 Å². The first-order valence-electron chi connectivity index (χ1n) is 6.16. The van der Waals surface area contributed by atoms with E-state index in [-0.39, 0.29) is 5.95 Å². The Hall–Kier alpha value is -1.91. The summed E-state index contributed by atoms with van der Waals surface area (Å²) >= 11 is 0. The molecule has 96 valence electrons. The molecule has 5 nitrogen and oxygen atoms in total. The molecule has 0 unspecified atom stereocenters. The molecule has 2 heterocycles. The summed E-state index contributed by atoms with van der Waals surface area (Å²) in [6.45, 7) is 6.46. The highest BCUT2D eigenvalue weighted by Gasteiger charge is 2.11. The third-order valence-electron chi connectivity index (χ3n) is 3.13. The molecule has 0 amide bonds. The van der Waals surface area contributed by atoms with Gasteiger partial charge >= 0.3 is 0 Å². The number of pyridine rings is 1. The van der Waals surface area contributed by atoms with Gasteiger partial charge in [-0.15, -0.1) is 0 Å². The Morgan fingerprint density at radius 2 is 1.94 bits per heavy atom. The van der Waals surface area contributed by atoms with Crippen LogP contribution >= 0.6 is 0 Å². The zero-order valence-corrected chi connectivity index (χ0v) is 11.1. The highest BCUT2D eigenvalue weighted by molar-refractivity contribution is 5.89. The predicted octanol–water partition coefficient (Wildman–Crippen LogP) is 2.09. The summed E-state index contributed by atoms with van der Waals surface area (Å²) in [5.41, 5.74) is 14.4. The number of rotatable bonds is 3. The summed E-state index contributed by atoms with van der Waals surface area (Å²) in [6, 6.07) is 0. The molecular formula is C13H19N5. The molecule has 0 aromatic carbocycles. The van der Waals surface area contributed by atoms with Gasteiger partial charge in [0.1, 0.15) is 5.82 Å². The lowest BCUT2D eigenvalue weighted by molar-refractivity contribution is 0.585. The average molecular weight is 245 g/mol. The summed E-state index contributed by atoms with van der Waals surface area (Å²) in [5.74, 6) is 1.25. The van der Waals surface area contributed by atoms with Crippen molar-refractivity contribution in [3.8, 4) is 0 Å². The van der Waals surface area contributed by atoms with Gasteiger partial charge in [0.2, 0.25) is 5.95 Å². The van der Waals surface area contributed by atoms with E-state index in [1.54, 1.807) is 0 Å². The second kappa shape index (κ2) is 4.76. The molecule has 0 bridgehead atoms. The minimum Gasteiger partial charge on any atom is -0.383 e. The molecule has 0 radical (unpaired) electrons. The van der Waals surface area contributed by atoms with Crippen LogP contribution in [0.2, 0.25) is 0 Å². The van der Waals surface area contributed by atoms with Crippen molar-refractivity contribution in [2.45, 2.75) is 33.6 Å².